The van der Waals surface area contributed by atoms with Crippen molar-refractivity contribution in [1.82, 2.24) is 10.0 Å². The first-order valence-electron chi connectivity index (χ1n) is 10.1. The molecule has 1 saturated carbocycles. The maximum atomic E-state index is 13.8. The van der Waals surface area contributed by atoms with E-state index in [4.69, 9.17) is 81.2 Å². The van der Waals surface area contributed by atoms with E-state index in [1.54, 1.807) is 29.6 Å². The smallest absolute Gasteiger partial charge is 0.274 e. The molecule has 2 fully saturated rings. The van der Waals surface area contributed by atoms with Gasteiger partial charge in [0, 0.05) is 0 Å². The van der Waals surface area contributed by atoms with Crippen molar-refractivity contribution in [3.63, 3.8) is 0 Å². The Balaban J connectivity index is 1.62. The van der Waals surface area contributed by atoms with E-state index in [-0.39, 0.29) is 20.7 Å². The molecule has 1 aromatic carbocycles. The highest BCUT2D eigenvalue weighted by Gasteiger charge is 2.88. The fourth-order valence-electron chi connectivity index (χ4n) is 4.88. The molecule has 5 rings (SSSR count). The van der Waals surface area contributed by atoms with E-state index in [0.717, 1.165) is 16.3 Å². The molecule has 3 amide bonds. The van der Waals surface area contributed by atoms with Crippen molar-refractivity contribution in [2.24, 2.45) is 11.8 Å². The van der Waals surface area contributed by atoms with Crippen molar-refractivity contribution >= 4 is 116 Å². The second-order valence-electron chi connectivity index (χ2n) is 8.31. The Hall–Kier alpha value is -1.03. The SMILES string of the molecule is O=C(CN(C(=O)c1ccccc1Cl)N1C(=O)[C@@H]2[C@@H](C1=O)[C@@]1(Cl)C(Cl)=C(Cl)[C@@]2(Cl)C1(Cl)Cl)c1cccs1. The van der Waals surface area contributed by atoms with Gasteiger partial charge in [-0.05, 0) is 23.6 Å². The predicted molar refractivity (Wildman–Crippen MR) is 140 cm³/mol. The van der Waals surface area contributed by atoms with Gasteiger partial charge in [0.2, 0.25) is 0 Å². The van der Waals surface area contributed by atoms with Crippen LogP contribution in [0.3, 0.4) is 0 Å². The van der Waals surface area contributed by atoms with Gasteiger partial charge in [0.25, 0.3) is 17.7 Å². The van der Waals surface area contributed by atoms with Gasteiger partial charge in [0.05, 0.1) is 37.4 Å². The summed E-state index contributed by atoms with van der Waals surface area (Å²) in [5.74, 6) is -6.25. The Kier molecular flexibility index (Phi) is 6.46. The van der Waals surface area contributed by atoms with Crippen molar-refractivity contribution in [1.29, 1.82) is 0 Å². The maximum absolute atomic E-state index is 13.8. The summed E-state index contributed by atoms with van der Waals surface area (Å²) in [5, 5.41) is 2.45. The first-order valence-corrected chi connectivity index (χ1v) is 13.7. The highest BCUT2D eigenvalue weighted by Crippen LogP contribution is 2.77. The molecule has 36 heavy (non-hydrogen) atoms. The van der Waals surface area contributed by atoms with Gasteiger partial charge >= 0.3 is 0 Å². The average Bonchev–Trinajstić information content (AvgIpc) is 3.51. The summed E-state index contributed by atoms with van der Waals surface area (Å²) in [6.45, 7) is -0.659. The number of alkyl halides is 4. The van der Waals surface area contributed by atoms with Crippen LogP contribution < -0.4 is 0 Å². The molecule has 1 saturated heterocycles. The molecule has 188 valence electrons. The molecule has 1 aliphatic heterocycles. The van der Waals surface area contributed by atoms with Gasteiger partial charge in [-0.3, -0.25) is 19.2 Å². The van der Waals surface area contributed by atoms with Crippen LogP contribution in [0, 0.1) is 11.8 Å². The third kappa shape index (κ3) is 3.18. The molecule has 0 radical (unpaired) electrons. The van der Waals surface area contributed by atoms with Gasteiger partial charge in [-0.2, -0.15) is 5.01 Å². The lowest BCUT2D eigenvalue weighted by Crippen LogP contribution is -2.56. The van der Waals surface area contributed by atoms with Crippen LogP contribution in [0.2, 0.25) is 5.02 Å². The van der Waals surface area contributed by atoms with Crippen LogP contribution >= 0.6 is 92.5 Å². The van der Waals surface area contributed by atoms with E-state index in [0.29, 0.717) is 9.89 Å². The number of nitrogens with zero attached hydrogens (tertiary/aromatic N) is 2. The maximum Gasteiger partial charge on any atom is 0.274 e. The quantitative estimate of drug-likeness (QED) is 0.224. The molecule has 2 heterocycles. The van der Waals surface area contributed by atoms with E-state index in [1.165, 1.54) is 12.1 Å². The normalized spacial score (nSPS) is 30.2. The summed E-state index contributed by atoms with van der Waals surface area (Å²) < 4.78 is -2.13. The van der Waals surface area contributed by atoms with Crippen molar-refractivity contribution in [3.8, 4) is 0 Å². The first-order chi connectivity index (χ1) is 16.8. The van der Waals surface area contributed by atoms with Crippen LogP contribution in [0.25, 0.3) is 0 Å². The summed E-state index contributed by atoms with van der Waals surface area (Å²) in [7, 11) is 0. The number of imide groups is 1. The number of thiophene rings is 1. The molecule has 1 aromatic heterocycles. The summed E-state index contributed by atoms with van der Waals surface area (Å²) in [6, 6.07) is 9.19. The number of halogens is 7. The number of carbonyl (C=O) groups excluding carboxylic acids is 4. The monoisotopic (exact) mass is 644 g/mol. The Bertz CT molecular complexity index is 1330. The highest BCUT2D eigenvalue weighted by atomic mass is 35.5. The zero-order chi connectivity index (χ0) is 26.4. The molecule has 2 aromatic rings. The third-order valence-electron chi connectivity index (χ3n) is 6.55. The van der Waals surface area contributed by atoms with Gasteiger partial charge in [-0.25, -0.2) is 5.01 Å². The van der Waals surface area contributed by atoms with E-state index >= 15 is 0 Å². The van der Waals surface area contributed by atoms with Crippen LogP contribution in [0.1, 0.15) is 20.0 Å². The molecule has 3 aliphatic rings. The van der Waals surface area contributed by atoms with E-state index in [2.05, 4.69) is 0 Å². The Morgan fingerprint density at radius 2 is 1.44 bits per heavy atom. The molecule has 0 N–H and O–H groups in total. The molecule has 14 heteroatoms. The van der Waals surface area contributed by atoms with Gasteiger partial charge < -0.3 is 0 Å². The van der Waals surface area contributed by atoms with Gasteiger partial charge in [0.15, 0.2) is 10.1 Å². The molecule has 2 bridgehead atoms. The second kappa shape index (κ2) is 8.75. The number of allylic oxidation sites excluding steroid dienone is 2. The lowest BCUT2D eigenvalue weighted by Gasteiger charge is -2.36. The van der Waals surface area contributed by atoms with E-state index < -0.39 is 56.0 Å². The van der Waals surface area contributed by atoms with E-state index in [9.17, 15) is 19.2 Å². The van der Waals surface area contributed by atoms with Crippen LogP contribution in [0.5, 0.6) is 0 Å². The molecular formula is C22H11Cl7N2O4S. The number of Topliss-reactive ketones (excluding diaryl/α,β-unsaturated/α-hetero) is 1. The Morgan fingerprint density at radius 3 is 1.94 bits per heavy atom. The Morgan fingerprint density at radius 1 is 0.889 bits per heavy atom. The molecule has 4 atom stereocenters. The number of rotatable bonds is 5. The lowest BCUT2D eigenvalue weighted by atomic mass is 9.84. The molecule has 0 unspecified atom stereocenters. The van der Waals surface area contributed by atoms with Crippen LogP contribution in [-0.4, -0.2) is 54.1 Å². The number of ketones is 1. The fraction of sp³-hybridized carbons (Fsp3) is 0.273. The summed E-state index contributed by atoms with van der Waals surface area (Å²) in [5.41, 5.74) is -0.0434. The molecular weight excluding hydrogens is 636 g/mol. The van der Waals surface area contributed by atoms with Crippen LogP contribution in [-0.2, 0) is 9.59 Å². The summed E-state index contributed by atoms with van der Waals surface area (Å²) in [4.78, 5) is 50.4. The van der Waals surface area contributed by atoms with Crippen LogP contribution in [0.4, 0.5) is 0 Å². The van der Waals surface area contributed by atoms with Gasteiger partial charge in [-0.1, -0.05) is 76.2 Å². The number of hydrazine groups is 1. The second-order valence-corrected chi connectivity index (χ2v) is 12.9. The minimum absolute atomic E-state index is 0.0434. The van der Waals surface area contributed by atoms with Crippen molar-refractivity contribution < 1.29 is 19.2 Å². The zero-order valence-corrected chi connectivity index (χ0v) is 23.6. The number of amides is 3. The highest BCUT2D eigenvalue weighted by molar-refractivity contribution is 7.12. The number of benzene rings is 1. The largest absolute Gasteiger partial charge is 0.291 e. The summed E-state index contributed by atoms with van der Waals surface area (Å²) >= 11 is 46.6. The summed E-state index contributed by atoms with van der Waals surface area (Å²) in [6.07, 6.45) is 0. The lowest BCUT2D eigenvalue weighted by molar-refractivity contribution is -0.154. The van der Waals surface area contributed by atoms with Gasteiger partial charge in [-0.15, -0.1) is 34.5 Å². The van der Waals surface area contributed by atoms with Crippen LogP contribution in [0.15, 0.2) is 51.8 Å². The number of carbonyl (C=O) groups is 4. The molecule has 6 nitrogen and oxygen atoms in total. The standard InChI is InChI=1S/C22H11Cl7N2O4S/c23-10-5-2-1-4-9(10)17(33)30(8-11(32)12-6-3-7-36-12)31-18(34)13-14(19(31)35)21(27)16(25)15(24)20(13,26)22(21,28)29/h1-7,13-14H,8H2/t13-,14-,20+,21+/m0/s1. The predicted octanol–water partition coefficient (Wildman–Crippen LogP) is 6.09. The number of hydrogen-bond donors (Lipinski definition) is 0. The average molecular weight is 648 g/mol. The van der Waals surface area contributed by atoms with E-state index in [1.807, 2.05) is 0 Å². The fourth-order valence-corrected chi connectivity index (χ4v) is 8.68. The molecule has 2 aliphatic carbocycles. The minimum atomic E-state index is -2.13. The number of hydrogen-bond acceptors (Lipinski definition) is 5. The van der Waals surface area contributed by atoms with Crippen molar-refractivity contribution in [2.75, 3.05) is 6.54 Å². The van der Waals surface area contributed by atoms with Gasteiger partial charge in [0.1, 0.15) is 16.3 Å². The topological polar surface area (TPSA) is 74.8 Å². The molecule has 0 spiro atoms. The van der Waals surface area contributed by atoms with Crippen molar-refractivity contribution in [2.45, 2.75) is 14.1 Å². The number of fused-ring (bicyclic) bond motifs is 5. The minimum Gasteiger partial charge on any atom is -0.291 e. The third-order valence-corrected chi connectivity index (χ3v) is 12.1. The first kappa shape index (κ1) is 26.6. The Labute approximate surface area is 243 Å². The van der Waals surface area contributed by atoms with Crippen molar-refractivity contribution in [3.05, 3.63) is 67.3 Å². The zero-order valence-electron chi connectivity index (χ0n) is 17.5.